The molecule has 6 rings (SSSR count). The molecule has 1 saturated carbocycles. The van der Waals surface area contributed by atoms with Crippen LogP contribution in [0.4, 0.5) is 5.69 Å². The van der Waals surface area contributed by atoms with Crippen molar-refractivity contribution in [2.24, 2.45) is 5.73 Å². The summed E-state index contributed by atoms with van der Waals surface area (Å²) in [5, 5.41) is 5.90. The van der Waals surface area contributed by atoms with E-state index in [0.717, 1.165) is 55.6 Å². The highest BCUT2D eigenvalue weighted by Crippen LogP contribution is 2.39. The number of carbonyl (C=O) groups excluding carboxylic acids is 2. The summed E-state index contributed by atoms with van der Waals surface area (Å²) in [5.41, 5.74) is 8.96. The van der Waals surface area contributed by atoms with Crippen LogP contribution in [-0.2, 0) is 6.42 Å². The largest absolute Gasteiger partial charge is 0.493 e. The minimum atomic E-state index is -0.774. The molecule has 2 aliphatic heterocycles. The van der Waals surface area contributed by atoms with E-state index in [9.17, 15) is 14.4 Å². The lowest BCUT2D eigenvalue weighted by atomic mass is 9.78. The van der Waals surface area contributed by atoms with Crippen LogP contribution in [0.5, 0.6) is 5.75 Å². The number of nitrogens with one attached hydrogen (secondary N) is 2. The van der Waals surface area contributed by atoms with E-state index in [1.165, 1.54) is 23.8 Å². The number of benzene rings is 2. The first-order valence-electron chi connectivity index (χ1n) is 12.2. The molecule has 1 fully saturated rings. The molecule has 3 aromatic rings. The minimum absolute atomic E-state index is 0.0919. The number of thioether (sulfide) groups is 1. The second kappa shape index (κ2) is 11.9. The number of aromatic amines is 1. The van der Waals surface area contributed by atoms with Gasteiger partial charge in [0.05, 0.1) is 12.1 Å². The molecule has 0 atom stereocenters. The van der Waals surface area contributed by atoms with Crippen LogP contribution in [0, 0.1) is 0 Å². The molecule has 1 aliphatic carbocycles. The average molecular weight is 506 g/mol. The SMILES string of the molecule is C1=CSCC1.CNc1ccc2c(c1)CCO2.NC(=O)c1cc2ccc(C3CCC3)c(C=O)c2[nH]c1=O. The minimum Gasteiger partial charge on any atom is -0.493 e. The van der Waals surface area contributed by atoms with Gasteiger partial charge >= 0.3 is 0 Å². The topological polar surface area (TPSA) is 114 Å². The van der Waals surface area contributed by atoms with Crippen LogP contribution >= 0.6 is 11.8 Å². The lowest BCUT2D eigenvalue weighted by molar-refractivity contribution is 0.0998. The number of aldehydes is 1. The maximum Gasteiger partial charge on any atom is 0.261 e. The highest BCUT2D eigenvalue weighted by molar-refractivity contribution is 8.02. The van der Waals surface area contributed by atoms with Crippen molar-refractivity contribution in [2.75, 3.05) is 24.7 Å². The molecule has 0 spiro atoms. The molecule has 7 nitrogen and oxygen atoms in total. The number of hydrogen-bond donors (Lipinski definition) is 3. The smallest absolute Gasteiger partial charge is 0.261 e. The Morgan fingerprint density at radius 2 is 2.06 bits per heavy atom. The molecular formula is C28H31N3O4S. The Hall–Kier alpha value is -3.52. The molecule has 3 aliphatic rings. The second-order valence-electron chi connectivity index (χ2n) is 8.86. The Morgan fingerprint density at radius 3 is 2.64 bits per heavy atom. The Balaban J connectivity index is 0.000000157. The first-order valence-corrected chi connectivity index (χ1v) is 13.2. The van der Waals surface area contributed by atoms with E-state index in [0.29, 0.717) is 22.4 Å². The van der Waals surface area contributed by atoms with Gasteiger partial charge in [0.25, 0.3) is 11.5 Å². The quantitative estimate of drug-likeness (QED) is 0.430. The summed E-state index contributed by atoms with van der Waals surface area (Å²) in [4.78, 5) is 37.0. The molecule has 2 aromatic carbocycles. The molecule has 0 unspecified atom stereocenters. The van der Waals surface area contributed by atoms with Gasteiger partial charge in [-0.05, 0) is 71.4 Å². The summed E-state index contributed by atoms with van der Waals surface area (Å²) < 4.78 is 5.37. The van der Waals surface area contributed by atoms with Crippen LogP contribution in [0.1, 0.15) is 63.4 Å². The van der Waals surface area contributed by atoms with Crippen molar-refractivity contribution in [3.05, 3.63) is 80.5 Å². The number of anilines is 1. The van der Waals surface area contributed by atoms with Gasteiger partial charge < -0.3 is 20.8 Å². The predicted molar refractivity (Wildman–Crippen MR) is 146 cm³/mol. The van der Waals surface area contributed by atoms with E-state index in [2.05, 4.69) is 27.9 Å². The first kappa shape index (κ1) is 25.6. The molecular weight excluding hydrogens is 474 g/mol. The van der Waals surface area contributed by atoms with Crippen molar-refractivity contribution in [3.63, 3.8) is 0 Å². The van der Waals surface area contributed by atoms with E-state index in [4.69, 9.17) is 10.5 Å². The number of H-pyrrole nitrogens is 1. The lowest BCUT2D eigenvalue weighted by Gasteiger charge is -2.27. The Morgan fingerprint density at radius 1 is 1.22 bits per heavy atom. The zero-order chi connectivity index (χ0) is 25.5. The molecule has 4 N–H and O–H groups in total. The number of pyridine rings is 1. The number of ether oxygens (including phenoxy) is 1. The van der Waals surface area contributed by atoms with Gasteiger partial charge in [-0.15, -0.1) is 11.8 Å². The van der Waals surface area contributed by atoms with Gasteiger partial charge in [-0.3, -0.25) is 14.4 Å². The number of nitrogens with two attached hydrogens (primary N) is 1. The van der Waals surface area contributed by atoms with Gasteiger partial charge in [0.15, 0.2) is 6.29 Å². The van der Waals surface area contributed by atoms with Crippen molar-refractivity contribution in [3.8, 4) is 5.75 Å². The van der Waals surface area contributed by atoms with Crippen molar-refractivity contribution < 1.29 is 14.3 Å². The van der Waals surface area contributed by atoms with Gasteiger partial charge in [-0.1, -0.05) is 24.6 Å². The molecule has 36 heavy (non-hydrogen) atoms. The second-order valence-corrected chi connectivity index (χ2v) is 9.87. The maximum absolute atomic E-state index is 11.8. The fraction of sp³-hybridized carbons (Fsp3) is 0.321. The zero-order valence-electron chi connectivity index (χ0n) is 20.3. The lowest BCUT2D eigenvalue weighted by Crippen LogP contribution is -2.23. The highest BCUT2D eigenvalue weighted by Gasteiger charge is 2.23. The normalized spacial score (nSPS) is 15.5. The number of fused-ring (bicyclic) bond motifs is 2. The highest BCUT2D eigenvalue weighted by atomic mass is 32.2. The van der Waals surface area contributed by atoms with Gasteiger partial charge in [-0.2, -0.15) is 0 Å². The van der Waals surface area contributed by atoms with Crippen LogP contribution < -0.4 is 21.3 Å². The number of allylic oxidation sites excluding steroid dienone is 1. The molecule has 1 amide bonds. The number of carbonyl (C=O) groups is 2. The third-order valence-corrected chi connectivity index (χ3v) is 7.45. The van der Waals surface area contributed by atoms with Gasteiger partial charge in [-0.25, -0.2) is 0 Å². The van der Waals surface area contributed by atoms with Gasteiger partial charge in [0.2, 0.25) is 0 Å². The molecule has 188 valence electrons. The maximum atomic E-state index is 11.8. The van der Waals surface area contributed by atoms with Crippen molar-refractivity contribution in [2.45, 2.75) is 38.0 Å². The van der Waals surface area contributed by atoms with Crippen LogP contribution in [0.15, 0.2) is 52.7 Å². The summed E-state index contributed by atoms with van der Waals surface area (Å²) in [6, 6.07) is 11.4. The standard InChI is InChI=1S/C15H14N2O3.C9H11NO.C4H6S/c16-14(19)11-6-9-4-5-10(8-2-1-3-8)12(7-18)13(9)17-15(11)20;1-10-8-2-3-9-7(6-8)4-5-11-9;1-2-4-5-3-1/h4-8H,1-3H2,(H2,16,19)(H,17,20);2-3,6,10H,4-5H2,1H3;1,3H,2,4H2. The average Bonchev–Trinajstić information content (AvgIpc) is 3.57. The third-order valence-electron chi connectivity index (χ3n) is 6.60. The number of rotatable bonds is 4. The van der Waals surface area contributed by atoms with Gasteiger partial charge in [0, 0.05) is 30.5 Å². The van der Waals surface area contributed by atoms with Crippen LogP contribution in [0.2, 0.25) is 0 Å². The number of amides is 1. The van der Waals surface area contributed by atoms with E-state index in [1.807, 2.05) is 43.1 Å². The molecule has 3 heterocycles. The van der Waals surface area contributed by atoms with Crippen molar-refractivity contribution >= 4 is 40.5 Å². The Bertz CT molecular complexity index is 1340. The zero-order valence-corrected chi connectivity index (χ0v) is 21.2. The summed E-state index contributed by atoms with van der Waals surface area (Å²) in [6.07, 6.45) is 8.60. The summed E-state index contributed by atoms with van der Waals surface area (Å²) in [6.45, 7) is 0.836. The number of hydrogen-bond acceptors (Lipinski definition) is 6. The Kier molecular flexibility index (Phi) is 8.48. The molecule has 1 aromatic heterocycles. The summed E-state index contributed by atoms with van der Waals surface area (Å²) >= 11 is 1.89. The third kappa shape index (κ3) is 5.82. The summed E-state index contributed by atoms with van der Waals surface area (Å²) in [5.74, 6) is 1.96. The fourth-order valence-corrected chi connectivity index (χ4v) is 5.06. The van der Waals surface area contributed by atoms with Crippen LogP contribution in [-0.4, -0.2) is 36.6 Å². The molecule has 0 bridgehead atoms. The van der Waals surface area contributed by atoms with Crippen molar-refractivity contribution in [1.29, 1.82) is 0 Å². The Labute approximate surface area is 214 Å². The first-order chi connectivity index (χ1) is 17.5. The van der Waals surface area contributed by atoms with Crippen LogP contribution in [0.3, 0.4) is 0 Å². The summed E-state index contributed by atoms with van der Waals surface area (Å²) in [7, 11) is 1.93. The van der Waals surface area contributed by atoms with Crippen molar-refractivity contribution in [1.82, 2.24) is 4.98 Å². The predicted octanol–water partition coefficient (Wildman–Crippen LogP) is 5.01. The van der Waals surface area contributed by atoms with Gasteiger partial charge in [0.1, 0.15) is 11.3 Å². The molecule has 8 heteroatoms. The molecule has 0 saturated heterocycles. The monoisotopic (exact) mass is 505 g/mol. The molecule has 0 radical (unpaired) electrons. The number of aromatic nitrogens is 1. The van der Waals surface area contributed by atoms with E-state index >= 15 is 0 Å². The van der Waals surface area contributed by atoms with E-state index in [1.54, 1.807) is 0 Å². The number of primary amides is 1. The van der Waals surface area contributed by atoms with E-state index in [-0.39, 0.29) is 5.56 Å². The van der Waals surface area contributed by atoms with E-state index < -0.39 is 11.5 Å². The van der Waals surface area contributed by atoms with Crippen LogP contribution in [0.25, 0.3) is 10.9 Å². The fourth-order valence-electron chi connectivity index (χ4n) is 4.38.